The zero-order valence-electron chi connectivity index (χ0n) is 16.2. The van der Waals surface area contributed by atoms with Crippen LogP contribution >= 0.6 is 0 Å². The standard InChI is InChI=1S/C19H27N5O3S/c1-28(25,26)24-10-3-2-6-17(24)19-22-21-18(27-19)16-7-11-23(12-8-16)14-15-5-4-9-20-13-15/h4-5,9,13,16-17H,2-3,6-8,10-12,14H2,1H3/t17-/m1/s1. The van der Waals surface area contributed by atoms with Gasteiger partial charge >= 0.3 is 0 Å². The van der Waals surface area contributed by atoms with Crippen LogP contribution in [-0.2, 0) is 16.6 Å². The van der Waals surface area contributed by atoms with Crippen molar-refractivity contribution in [1.82, 2.24) is 24.4 Å². The topological polar surface area (TPSA) is 92.4 Å². The molecular formula is C19H27N5O3S. The van der Waals surface area contributed by atoms with Crippen LogP contribution in [0.25, 0.3) is 0 Å². The number of aromatic nitrogens is 3. The largest absolute Gasteiger partial charge is 0.423 e. The Morgan fingerprint density at radius 1 is 1.11 bits per heavy atom. The second-order valence-corrected chi connectivity index (χ2v) is 9.71. The summed E-state index contributed by atoms with van der Waals surface area (Å²) < 4.78 is 31.7. The van der Waals surface area contributed by atoms with Gasteiger partial charge in [-0.3, -0.25) is 9.88 Å². The number of piperidine rings is 2. The normalized spacial score (nSPS) is 23.1. The molecule has 9 heteroatoms. The average Bonchev–Trinajstić information content (AvgIpc) is 3.19. The van der Waals surface area contributed by atoms with Gasteiger partial charge in [-0.15, -0.1) is 10.2 Å². The number of pyridine rings is 1. The first kappa shape index (κ1) is 19.5. The molecule has 0 spiro atoms. The van der Waals surface area contributed by atoms with E-state index in [4.69, 9.17) is 4.42 Å². The Balaban J connectivity index is 1.38. The molecule has 0 unspecified atom stereocenters. The molecule has 0 radical (unpaired) electrons. The molecule has 4 rings (SSSR count). The highest BCUT2D eigenvalue weighted by atomic mass is 32.2. The smallest absolute Gasteiger partial charge is 0.234 e. The zero-order chi connectivity index (χ0) is 19.6. The molecular weight excluding hydrogens is 378 g/mol. The summed E-state index contributed by atoms with van der Waals surface area (Å²) in [6.07, 6.45) is 9.46. The Labute approximate surface area is 166 Å². The molecule has 2 aliphatic rings. The number of sulfonamides is 1. The fourth-order valence-corrected chi connectivity index (χ4v) is 5.30. The summed E-state index contributed by atoms with van der Waals surface area (Å²) >= 11 is 0. The molecule has 8 nitrogen and oxygen atoms in total. The molecule has 4 heterocycles. The minimum absolute atomic E-state index is 0.238. The predicted octanol–water partition coefficient (Wildman–Crippen LogP) is 2.33. The first-order chi connectivity index (χ1) is 13.5. The van der Waals surface area contributed by atoms with Crippen LogP contribution in [0, 0.1) is 0 Å². The van der Waals surface area contributed by atoms with E-state index in [0.717, 1.165) is 51.7 Å². The van der Waals surface area contributed by atoms with Crippen molar-refractivity contribution in [3.8, 4) is 0 Å². The van der Waals surface area contributed by atoms with Gasteiger partial charge < -0.3 is 4.42 Å². The molecule has 0 amide bonds. The highest BCUT2D eigenvalue weighted by Crippen LogP contribution is 2.34. The van der Waals surface area contributed by atoms with Crippen molar-refractivity contribution in [1.29, 1.82) is 0 Å². The summed E-state index contributed by atoms with van der Waals surface area (Å²) in [6.45, 7) is 3.36. The van der Waals surface area contributed by atoms with E-state index in [9.17, 15) is 8.42 Å². The maximum atomic E-state index is 12.1. The van der Waals surface area contributed by atoms with E-state index in [1.54, 1.807) is 6.20 Å². The number of hydrogen-bond acceptors (Lipinski definition) is 7. The van der Waals surface area contributed by atoms with Gasteiger partial charge in [0.1, 0.15) is 6.04 Å². The molecule has 0 aliphatic carbocycles. The van der Waals surface area contributed by atoms with E-state index in [-0.39, 0.29) is 12.0 Å². The van der Waals surface area contributed by atoms with Crippen LogP contribution in [0.3, 0.4) is 0 Å². The Hall–Kier alpha value is -1.84. The van der Waals surface area contributed by atoms with E-state index in [2.05, 4.69) is 26.1 Å². The van der Waals surface area contributed by atoms with Gasteiger partial charge in [-0.25, -0.2) is 8.42 Å². The molecule has 2 aromatic heterocycles. The van der Waals surface area contributed by atoms with Crippen LogP contribution in [0.15, 0.2) is 28.9 Å². The van der Waals surface area contributed by atoms with Crippen molar-refractivity contribution >= 4 is 10.0 Å². The fraction of sp³-hybridized carbons (Fsp3) is 0.632. The summed E-state index contributed by atoms with van der Waals surface area (Å²) in [5.41, 5.74) is 1.22. The second-order valence-electron chi connectivity index (χ2n) is 7.78. The Kier molecular flexibility index (Phi) is 5.75. The number of likely N-dealkylation sites (tertiary alicyclic amines) is 1. The maximum absolute atomic E-state index is 12.1. The maximum Gasteiger partial charge on any atom is 0.234 e. The van der Waals surface area contributed by atoms with Gasteiger partial charge in [0, 0.05) is 31.4 Å². The monoisotopic (exact) mass is 405 g/mol. The lowest BCUT2D eigenvalue weighted by atomic mass is 9.96. The van der Waals surface area contributed by atoms with Gasteiger partial charge in [-0.05, 0) is 50.4 Å². The highest BCUT2D eigenvalue weighted by molar-refractivity contribution is 7.88. The third-order valence-corrected chi connectivity index (χ3v) is 6.98. The summed E-state index contributed by atoms with van der Waals surface area (Å²) in [5, 5.41) is 8.49. The van der Waals surface area contributed by atoms with Gasteiger partial charge in [0.2, 0.25) is 21.8 Å². The molecule has 0 bridgehead atoms. The summed E-state index contributed by atoms with van der Waals surface area (Å²) in [6, 6.07) is 3.74. The van der Waals surface area contributed by atoms with Crippen LogP contribution < -0.4 is 0 Å². The number of hydrogen-bond donors (Lipinski definition) is 0. The molecule has 2 aliphatic heterocycles. The molecule has 2 fully saturated rings. The van der Waals surface area contributed by atoms with Crippen LogP contribution in [0.4, 0.5) is 0 Å². The van der Waals surface area contributed by atoms with Crippen molar-refractivity contribution in [3.05, 3.63) is 41.9 Å². The van der Waals surface area contributed by atoms with Crippen molar-refractivity contribution in [2.45, 2.75) is 50.6 Å². The van der Waals surface area contributed by atoms with Crippen molar-refractivity contribution in [3.63, 3.8) is 0 Å². The number of rotatable bonds is 5. The molecule has 28 heavy (non-hydrogen) atoms. The lowest BCUT2D eigenvalue weighted by molar-refractivity contribution is 0.184. The third kappa shape index (κ3) is 4.42. The SMILES string of the molecule is CS(=O)(=O)N1CCCC[C@@H]1c1nnc(C2CCN(Cc3cccnc3)CC2)o1. The third-order valence-electron chi connectivity index (χ3n) is 5.69. The van der Waals surface area contributed by atoms with E-state index >= 15 is 0 Å². The van der Waals surface area contributed by atoms with E-state index in [1.807, 2.05) is 12.3 Å². The van der Waals surface area contributed by atoms with Gasteiger partial charge in [0.25, 0.3) is 0 Å². The summed E-state index contributed by atoms with van der Waals surface area (Å²) in [7, 11) is -3.28. The predicted molar refractivity (Wildman–Crippen MR) is 104 cm³/mol. The molecule has 1 atom stereocenters. The average molecular weight is 406 g/mol. The van der Waals surface area contributed by atoms with Crippen molar-refractivity contribution in [2.24, 2.45) is 0 Å². The Morgan fingerprint density at radius 2 is 1.89 bits per heavy atom. The minimum atomic E-state index is -3.28. The molecule has 152 valence electrons. The van der Waals surface area contributed by atoms with Crippen LogP contribution in [0.1, 0.15) is 61.4 Å². The molecule has 0 aromatic carbocycles. The molecule has 0 N–H and O–H groups in total. The molecule has 2 aromatic rings. The van der Waals surface area contributed by atoms with Crippen LogP contribution in [0.5, 0.6) is 0 Å². The lowest BCUT2D eigenvalue weighted by Crippen LogP contribution is -2.37. The minimum Gasteiger partial charge on any atom is -0.423 e. The van der Waals surface area contributed by atoms with Crippen LogP contribution in [0.2, 0.25) is 0 Å². The second kappa shape index (κ2) is 8.26. The van der Waals surface area contributed by atoms with Gasteiger partial charge in [0.15, 0.2) is 0 Å². The van der Waals surface area contributed by atoms with Gasteiger partial charge in [-0.1, -0.05) is 12.5 Å². The van der Waals surface area contributed by atoms with E-state index in [1.165, 1.54) is 16.1 Å². The van der Waals surface area contributed by atoms with Crippen molar-refractivity contribution in [2.75, 3.05) is 25.9 Å². The summed E-state index contributed by atoms with van der Waals surface area (Å²) in [5.74, 6) is 1.33. The highest BCUT2D eigenvalue weighted by Gasteiger charge is 2.35. The first-order valence-corrected chi connectivity index (χ1v) is 11.8. The number of nitrogens with zero attached hydrogens (tertiary/aromatic N) is 5. The quantitative estimate of drug-likeness (QED) is 0.754. The molecule has 2 saturated heterocycles. The lowest BCUT2D eigenvalue weighted by Gasteiger charge is -2.31. The van der Waals surface area contributed by atoms with Gasteiger partial charge in [0.05, 0.1) is 6.26 Å². The summed E-state index contributed by atoms with van der Waals surface area (Å²) in [4.78, 5) is 6.59. The Bertz CT molecular complexity index is 878. The van der Waals surface area contributed by atoms with Crippen molar-refractivity contribution < 1.29 is 12.8 Å². The Morgan fingerprint density at radius 3 is 2.61 bits per heavy atom. The van der Waals surface area contributed by atoms with Gasteiger partial charge in [-0.2, -0.15) is 4.31 Å². The first-order valence-electron chi connectivity index (χ1n) is 9.92. The van der Waals surface area contributed by atoms with E-state index < -0.39 is 10.0 Å². The van der Waals surface area contributed by atoms with Crippen LogP contribution in [-0.4, -0.2) is 58.7 Å². The fourth-order valence-electron chi connectivity index (χ4n) is 4.18. The zero-order valence-corrected chi connectivity index (χ0v) is 17.0. The van der Waals surface area contributed by atoms with E-state index in [0.29, 0.717) is 18.3 Å². The molecule has 0 saturated carbocycles.